The van der Waals surface area contributed by atoms with Crippen molar-refractivity contribution in [3.05, 3.63) is 42.2 Å². The van der Waals surface area contributed by atoms with Crippen LogP contribution in [0.4, 0.5) is 11.6 Å². The first kappa shape index (κ1) is 15.3. The summed E-state index contributed by atoms with van der Waals surface area (Å²) in [5, 5.41) is 2.84. The van der Waals surface area contributed by atoms with Crippen LogP contribution in [-0.2, 0) is 0 Å². The normalized spacial score (nSPS) is 14.4. The van der Waals surface area contributed by atoms with Crippen LogP contribution in [0.2, 0.25) is 0 Å². The van der Waals surface area contributed by atoms with Crippen molar-refractivity contribution in [1.82, 2.24) is 9.97 Å². The van der Waals surface area contributed by atoms with Crippen molar-refractivity contribution in [1.29, 1.82) is 0 Å². The summed E-state index contributed by atoms with van der Waals surface area (Å²) < 4.78 is 5.16. The first-order chi connectivity index (χ1) is 11.3. The van der Waals surface area contributed by atoms with Crippen molar-refractivity contribution in [3.63, 3.8) is 0 Å². The Morgan fingerprint density at radius 1 is 1.22 bits per heavy atom. The van der Waals surface area contributed by atoms with Crippen LogP contribution < -0.4 is 15.0 Å². The second-order valence-electron chi connectivity index (χ2n) is 5.48. The molecule has 1 aliphatic heterocycles. The quantitative estimate of drug-likeness (QED) is 0.940. The summed E-state index contributed by atoms with van der Waals surface area (Å²) in [4.78, 5) is 23.2. The fourth-order valence-corrected chi connectivity index (χ4v) is 2.62. The third-order valence-corrected chi connectivity index (χ3v) is 3.84. The van der Waals surface area contributed by atoms with E-state index in [0.717, 1.165) is 25.9 Å². The largest absolute Gasteiger partial charge is 0.497 e. The number of nitrogens with one attached hydrogen (secondary N) is 1. The molecule has 1 aromatic carbocycles. The number of carbonyl (C=O) groups excluding carboxylic acids is 1. The SMILES string of the molecule is COc1cccc(NC(=O)c2ccnc(N3CCCCC3)n2)c1. The highest BCUT2D eigenvalue weighted by Gasteiger charge is 2.16. The number of ether oxygens (including phenoxy) is 1. The number of methoxy groups -OCH3 is 1. The van der Waals surface area contributed by atoms with Gasteiger partial charge in [0.05, 0.1) is 7.11 Å². The molecule has 0 radical (unpaired) electrons. The zero-order chi connectivity index (χ0) is 16.1. The second kappa shape index (κ2) is 7.09. The van der Waals surface area contributed by atoms with Crippen molar-refractivity contribution < 1.29 is 9.53 Å². The van der Waals surface area contributed by atoms with E-state index in [-0.39, 0.29) is 5.91 Å². The van der Waals surface area contributed by atoms with Gasteiger partial charge in [-0.2, -0.15) is 0 Å². The molecule has 0 bridgehead atoms. The lowest BCUT2D eigenvalue weighted by atomic mass is 10.1. The lowest BCUT2D eigenvalue weighted by Crippen LogP contribution is -2.31. The van der Waals surface area contributed by atoms with Gasteiger partial charge in [0.1, 0.15) is 11.4 Å². The third kappa shape index (κ3) is 3.77. The maximum absolute atomic E-state index is 12.4. The first-order valence-electron chi connectivity index (χ1n) is 7.79. The number of anilines is 2. The van der Waals surface area contributed by atoms with Gasteiger partial charge in [0.25, 0.3) is 5.91 Å². The van der Waals surface area contributed by atoms with Crippen LogP contribution in [0.15, 0.2) is 36.5 Å². The molecule has 0 aliphatic carbocycles. The minimum Gasteiger partial charge on any atom is -0.497 e. The van der Waals surface area contributed by atoms with Crippen molar-refractivity contribution >= 4 is 17.5 Å². The fourth-order valence-electron chi connectivity index (χ4n) is 2.62. The number of aromatic nitrogens is 2. The lowest BCUT2D eigenvalue weighted by molar-refractivity contribution is 0.102. The molecule has 2 heterocycles. The summed E-state index contributed by atoms with van der Waals surface area (Å²) in [7, 11) is 1.59. The van der Waals surface area contributed by atoms with Gasteiger partial charge in [-0.15, -0.1) is 0 Å². The Morgan fingerprint density at radius 2 is 2.04 bits per heavy atom. The Bertz CT molecular complexity index is 684. The topological polar surface area (TPSA) is 67.3 Å². The Hall–Kier alpha value is -2.63. The van der Waals surface area contributed by atoms with E-state index in [4.69, 9.17) is 4.74 Å². The summed E-state index contributed by atoms with van der Waals surface area (Å²) in [5.74, 6) is 1.07. The Labute approximate surface area is 135 Å². The predicted octanol–water partition coefficient (Wildman–Crippen LogP) is 2.73. The molecular formula is C17H20N4O2. The van der Waals surface area contributed by atoms with Crippen molar-refractivity contribution in [2.45, 2.75) is 19.3 Å². The summed E-state index contributed by atoms with van der Waals surface area (Å²) in [6.45, 7) is 1.89. The average Bonchev–Trinajstić information content (AvgIpc) is 2.63. The molecule has 0 atom stereocenters. The smallest absolute Gasteiger partial charge is 0.274 e. The van der Waals surface area contributed by atoms with Gasteiger partial charge in [-0.25, -0.2) is 9.97 Å². The van der Waals surface area contributed by atoms with Crippen molar-refractivity contribution in [3.8, 4) is 5.75 Å². The number of hydrogen-bond donors (Lipinski definition) is 1. The number of benzene rings is 1. The highest BCUT2D eigenvalue weighted by molar-refractivity contribution is 6.03. The minimum atomic E-state index is -0.251. The van der Waals surface area contributed by atoms with Crippen LogP contribution in [0, 0.1) is 0 Å². The van der Waals surface area contributed by atoms with Gasteiger partial charge in [-0.3, -0.25) is 4.79 Å². The molecule has 0 spiro atoms. The second-order valence-corrected chi connectivity index (χ2v) is 5.48. The van der Waals surface area contributed by atoms with E-state index in [1.54, 1.807) is 25.4 Å². The fraction of sp³-hybridized carbons (Fsp3) is 0.353. The standard InChI is InChI=1S/C17H20N4O2/c1-23-14-7-5-6-13(12-14)19-16(22)15-8-9-18-17(20-15)21-10-3-2-4-11-21/h5-9,12H,2-4,10-11H2,1H3,(H,19,22). The van der Waals surface area contributed by atoms with Crippen LogP contribution in [0.1, 0.15) is 29.8 Å². The number of rotatable bonds is 4. The summed E-state index contributed by atoms with van der Waals surface area (Å²) in [5.41, 5.74) is 1.04. The van der Waals surface area contributed by atoms with Gasteiger partial charge in [0.15, 0.2) is 0 Å². The molecule has 1 fully saturated rings. The molecule has 120 valence electrons. The molecule has 0 unspecified atom stereocenters. The zero-order valence-electron chi connectivity index (χ0n) is 13.2. The van der Waals surface area contributed by atoms with Crippen molar-refractivity contribution in [2.75, 3.05) is 30.4 Å². The van der Waals surface area contributed by atoms with Crippen LogP contribution in [0.5, 0.6) is 5.75 Å². The van der Waals surface area contributed by atoms with Gasteiger partial charge in [0.2, 0.25) is 5.95 Å². The molecule has 1 amide bonds. The monoisotopic (exact) mass is 312 g/mol. The van der Waals surface area contributed by atoms with E-state index >= 15 is 0 Å². The molecule has 1 aliphatic rings. The number of amides is 1. The lowest BCUT2D eigenvalue weighted by Gasteiger charge is -2.26. The van der Waals surface area contributed by atoms with Crippen LogP contribution in [-0.4, -0.2) is 36.1 Å². The van der Waals surface area contributed by atoms with Crippen LogP contribution >= 0.6 is 0 Å². The summed E-state index contributed by atoms with van der Waals surface area (Å²) in [6, 6.07) is 8.86. The molecule has 2 aromatic rings. The number of piperidine rings is 1. The van der Waals surface area contributed by atoms with Gasteiger partial charge < -0.3 is 15.0 Å². The number of nitrogens with zero attached hydrogens (tertiary/aromatic N) is 3. The van der Waals surface area contributed by atoms with E-state index in [0.29, 0.717) is 23.1 Å². The highest BCUT2D eigenvalue weighted by atomic mass is 16.5. The Kier molecular flexibility index (Phi) is 4.71. The van der Waals surface area contributed by atoms with Gasteiger partial charge in [0, 0.05) is 31.0 Å². The molecule has 1 N–H and O–H groups in total. The molecule has 3 rings (SSSR count). The zero-order valence-corrected chi connectivity index (χ0v) is 13.2. The maximum atomic E-state index is 12.4. The third-order valence-electron chi connectivity index (χ3n) is 3.84. The van der Waals surface area contributed by atoms with E-state index < -0.39 is 0 Å². The summed E-state index contributed by atoms with van der Waals surface area (Å²) in [6.07, 6.45) is 5.16. The van der Waals surface area contributed by atoms with Gasteiger partial charge in [-0.05, 0) is 37.5 Å². The minimum absolute atomic E-state index is 0.251. The van der Waals surface area contributed by atoms with Gasteiger partial charge >= 0.3 is 0 Å². The molecule has 0 saturated carbocycles. The molecule has 6 nitrogen and oxygen atoms in total. The Balaban J connectivity index is 1.74. The van der Waals surface area contributed by atoms with E-state index in [2.05, 4.69) is 20.2 Å². The molecule has 23 heavy (non-hydrogen) atoms. The molecule has 6 heteroatoms. The first-order valence-corrected chi connectivity index (χ1v) is 7.79. The van der Waals surface area contributed by atoms with Gasteiger partial charge in [-0.1, -0.05) is 6.07 Å². The Morgan fingerprint density at radius 3 is 2.83 bits per heavy atom. The summed E-state index contributed by atoms with van der Waals surface area (Å²) >= 11 is 0. The average molecular weight is 312 g/mol. The van der Waals surface area contributed by atoms with E-state index in [1.807, 2.05) is 18.2 Å². The molecular weight excluding hydrogens is 292 g/mol. The van der Waals surface area contributed by atoms with E-state index in [9.17, 15) is 4.79 Å². The predicted molar refractivity (Wildman–Crippen MR) is 89.0 cm³/mol. The van der Waals surface area contributed by atoms with Crippen LogP contribution in [0.3, 0.4) is 0 Å². The highest BCUT2D eigenvalue weighted by Crippen LogP contribution is 2.18. The molecule has 1 aromatic heterocycles. The van der Waals surface area contributed by atoms with E-state index in [1.165, 1.54) is 6.42 Å². The molecule has 1 saturated heterocycles. The number of carbonyl (C=O) groups is 1. The van der Waals surface area contributed by atoms with Crippen molar-refractivity contribution in [2.24, 2.45) is 0 Å². The number of hydrogen-bond acceptors (Lipinski definition) is 5. The maximum Gasteiger partial charge on any atom is 0.274 e. The van der Waals surface area contributed by atoms with Crippen LogP contribution in [0.25, 0.3) is 0 Å².